The summed E-state index contributed by atoms with van der Waals surface area (Å²) in [6.45, 7) is 13.5. The predicted molar refractivity (Wildman–Crippen MR) is 96.7 cm³/mol. The van der Waals surface area contributed by atoms with Gasteiger partial charge in [-0.15, -0.1) is 0 Å². The minimum Gasteiger partial charge on any atom is -0.372 e. The zero-order valence-electron chi connectivity index (χ0n) is 14.6. The van der Waals surface area contributed by atoms with Gasteiger partial charge in [-0.3, -0.25) is 4.90 Å². The van der Waals surface area contributed by atoms with Crippen molar-refractivity contribution in [2.75, 3.05) is 44.2 Å². The maximum atomic E-state index is 3.47. The molecule has 1 atom stereocenters. The standard InChI is InChI=1S/C19H33N3/c1-4-7-8-19(22-15-13-20-14-16-22)17-9-11-18(12-10-17)21(5-2)6-3/h9-12,19-20H,4-8,13-16H2,1-3H3/t19-/m1/s1. The van der Waals surface area contributed by atoms with E-state index in [0.717, 1.165) is 26.2 Å². The van der Waals surface area contributed by atoms with Crippen LogP contribution in [0.15, 0.2) is 24.3 Å². The van der Waals surface area contributed by atoms with Gasteiger partial charge in [-0.25, -0.2) is 0 Å². The highest BCUT2D eigenvalue weighted by molar-refractivity contribution is 5.47. The predicted octanol–water partition coefficient (Wildman–Crippen LogP) is 3.67. The molecule has 0 saturated carbocycles. The first kappa shape index (κ1) is 17.3. The first-order valence-corrected chi connectivity index (χ1v) is 9.09. The second kappa shape index (κ2) is 9.16. The zero-order valence-corrected chi connectivity index (χ0v) is 14.6. The van der Waals surface area contributed by atoms with Crippen LogP contribution in [-0.2, 0) is 0 Å². The summed E-state index contributed by atoms with van der Waals surface area (Å²) >= 11 is 0. The van der Waals surface area contributed by atoms with Crippen molar-refractivity contribution in [3.8, 4) is 0 Å². The number of piperazine rings is 1. The van der Waals surface area contributed by atoms with Gasteiger partial charge in [0.2, 0.25) is 0 Å². The number of rotatable bonds is 8. The molecular formula is C19H33N3. The summed E-state index contributed by atoms with van der Waals surface area (Å²) in [7, 11) is 0. The van der Waals surface area contributed by atoms with Crippen LogP contribution in [0.2, 0.25) is 0 Å². The largest absolute Gasteiger partial charge is 0.372 e. The van der Waals surface area contributed by atoms with Crippen molar-refractivity contribution in [2.45, 2.75) is 46.1 Å². The fourth-order valence-corrected chi connectivity index (χ4v) is 3.45. The lowest BCUT2D eigenvalue weighted by atomic mass is 9.98. The summed E-state index contributed by atoms with van der Waals surface area (Å²) in [6, 6.07) is 9.92. The fourth-order valence-electron chi connectivity index (χ4n) is 3.45. The molecule has 0 bridgehead atoms. The second-order valence-electron chi connectivity index (χ2n) is 6.21. The molecule has 0 amide bonds. The van der Waals surface area contributed by atoms with E-state index in [1.807, 2.05) is 0 Å². The average Bonchev–Trinajstić information content (AvgIpc) is 2.58. The van der Waals surface area contributed by atoms with Crippen molar-refractivity contribution in [2.24, 2.45) is 0 Å². The average molecular weight is 303 g/mol. The van der Waals surface area contributed by atoms with Gasteiger partial charge in [0.1, 0.15) is 0 Å². The van der Waals surface area contributed by atoms with E-state index >= 15 is 0 Å². The number of hydrogen-bond donors (Lipinski definition) is 1. The lowest BCUT2D eigenvalue weighted by molar-refractivity contribution is 0.163. The number of nitrogens with one attached hydrogen (secondary N) is 1. The molecule has 1 aromatic rings. The molecule has 0 unspecified atom stereocenters. The van der Waals surface area contributed by atoms with Gasteiger partial charge >= 0.3 is 0 Å². The van der Waals surface area contributed by atoms with E-state index in [4.69, 9.17) is 0 Å². The molecular weight excluding hydrogens is 270 g/mol. The van der Waals surface area contributed by atoms with Crippen molar-refractivity contribution in [3.05, 3.63) is 29.8 Å². The molecule has 1 fully saturated rings. The molecule has 1 N–H and O–H groups in total. The van der Waals surface area contributed by atoms with Crippen molar-refractivity contribution in [3.63, 3.8) is 0 Å². The van der Waals surface area contributed by atoms with Crippen LogP contribution in [0.4, 0.5) is 5.69 Å². The number of hydrogen-bond acceptors (Lipinski definition) is 3. The highest BCUT2D eigenvalue weighted by Crippen LogP contribution is 2.28. The molecule has 0 spiro atoms. The summed E-state index contributed by atoms with van der Waals surface area (Å²) in [5.41, 5.74) is 2.84. The lowest BCUT2D eigenvalue weighted by Gasteiger charge is -2.35. The quantitative estimate of drug-likeness (QED) is 0.790. The van der Waals surface area contributed by atoms with E-state index in [1.54, 1.807) is 0 Å². The molecule has 3 heteroatoms. The van der Waals surface area contributed by atoms with Crippen LogP contribution >= 0.6 is 0 Å². The van der Waals surface area contributed by atoms with Gasteiger partial charge in [0.25, 0.3) is 0 Å². The van der Waals surface area contributed by atoms with Crippen LogP contribution in [0.3, 0.4) is 0 Å². The third-order valence-corrected chi connectivity index (χ3v) is 4.83. The van der Waals surface area contributed by atoms with E-state index < -0.39 is 0 Å². The van der Waals surface area contributed by atoms with E-state index in [-0.39, 0.29) is 0 Å². The SMILES string of the molecule is CCCC[C@H](c1ccc(N(CC)CC)cc1)N1CCNCC1. The summed E-state index contributed by atoms with van der Waals surface area (Å²) in [5, 5.41) is 3.47. The van der Waals surface area contributed by atoms with Gasteiger partial charge in [0.15, 0.2) is 0 Å². The van der Waals surface area contributed by atoms with Crippen molar-refractivity contribution in [1.82, 2.24) is 10.2 Å². The number of anilines is 1. The number of benzene rings is 1. The van der Waals surface area contributed by atoms with Crippen molar-refractivity contribution < 1.29 is 0 Å². The Kier molecular flexibility index (Phi) is 7.20. The highest BCUT2D eigenvalue weighted by Gasteiger charge is 2.21. The van der Waals surface area contributed by atoms with Gasteiger partial charge in [-0.1, -0.05) is 31.9 Å². The summed E-state index contributed by atoms with van der Waals surface area (Å²) in [5.74, 6) is 0. The zero-order chi connectivity index (χ0) is 15.8. The Morgan fingerprint density at radius 3 is 2.23 bits per heavy atom. The minimum absolute atomic E-state index is 0.591. The van der Waals surface area contributed by atoms with Gasteiger partial charge in [0, 0.05) is 51.0 Å². The normalized spacial score (nSPS) is 17.4. The Morgan fingerprint density at radius 1 is 1.05 bits per heavy atom. The monoisotopic (exact) mass is 303 g/mol. The third kappa shape index (κ3) is 4.47. The first-order chi connectivity index (χ1) is 10.8. The number of nitrogens with zero attached hydrogens (tertiary/aromatic N) is 2. The summed E-state index contributed by atoms with van der Waals surface area (Å²) in [4.78, 5) is 5.08. The molecule has 22 heavy (non-hydrogen) atoms. The fraction of sp³-hybridized carbons (Fsp3) is 0.684. The summed E-state index contributed by atoms with van der Waals surface area (Å²) in [6.07, 6.45) is 3.87. The van der Waals surface area contributed by atoms with Crippen LogP contribution in [0.5, 0.6) is 0 Å². The highest BCUT2D eigenvalue weighted by atomic mass is 15.2. The van der Waals surface area contributed by atoms with E-state index in [1.165, 1.54) is 43.6 Å². The maximum Gasteiger partial charge on any atom is 0.0366 e. The van der Waals surface area contributed by atoms with Crippen LogP contribution in [0.1, 0.15) is 51.6 Å². The van der Waals surface area contributed by atoms with E-state index in [2.05, 4.69) is 60.2 Å². The maximum absolute atomic E-state index is 3.47. The molecule has 1 aliphatic rings. The number of unbranched alkanes of at least 4 members (excludes halogenated alkanes) is 1. The van der Waals surface area contributed by atoms with E-state index in [9.17, 15) is 0 Å². The van der Waals surface area contributed by atoms with Crippen LogP contribution < -0.4 is 10.2 Å². The van der Waals surface area contributed by atoms with Gasteiger partial charge in [-0.05, 0) is 38.0 Å². The third-order valence-electron chi connectivity index (χ3n) is 4.83. The van der Waals surface area contributed by atoms with Gasteiger partial charge in [0.05, 0.1) is 0 Å². The molecule has 1 aromatic carbocycles. The Bertz CT molecular complexity index is 405. The smallest absolute Gasteiger partial charge is 0.0366 e. The molecule has 1 saturated heterocycles. The van der Waals surface area contributed by atoms with Crippen molar-refractivity contribution in [1.29, 1.82) is 0 Å². The Balaban J connectivity index is 2.12. The van der Waals surface area contributed by atoms with E-state index in [0.29, 0.717) is 6.04 Å². The topological polar surface area (TPSA) is 18.5 Å². The molecule has 3 nitrogen and oxygen atoms in total. The van der Waals surface area contributed by atoms with Crippen LogP contribution in [0.25, 0.3) is 0 Å². The molecule has 2 rings (SSSR count). The van der Waals surface area contributed by atoms with Gasteiger partial charge < -0.3 is 10.2 Å². The Hall–Kier alpha value is -1.06. The van der Waals surface area contributed by atoms with Crippen molar-refractivity contribution >= 4 is 5.69 Å². The summed E-state index contributed by atoms with van der Waals surface area (Å²) < 4.78 is 0. The molecule has 0 aromatic heterocycles. The molecule has 1 aliphatic heterocycles. The molecule has 124 valence electrons. The molecule has 0 aliphatic carbocycles. The minimum atomic E-state index is 0.591. The molecule has 0 radical (unpaired) electrons. The molecule has 1 heterocycles. The van der Waals surface area contributed by atoms with Crippen LogP contribution in [0, 0.1) is 0 Å². The Morgan fingerprint density at radius 2 is 1.68 bits per heavy atom. The second-order valence-corrected chi connectivity index (χ2v) is 6.21. The van der Waals surface area contributed by atoms with Crippen LogP contribution in [-0.4, -0.2) is 44.2 Å². The Labute approximate surface area is 136 Å². The lowest BCUT2D eigenvalue weighted by Crippen LogP contribution is -2.45. The van der Waals surface area contributed by atoms with Gasteiger partial charge in [-0.2, -0.15) is 0 Å². The first-order valence-electron chi connectivity index (χ1n) is 9.09.